The summed E-state index contributed by atoms with van der Waals surface area (Å²) in [7, 11) is 0. The number of ether oxygens (including phenoxy) is 2. The van der Waals surface area contributed by atoms with Gasteiger partial charge in [0.25, 0.3) is 0 Å². The number of aliphatic hydroxyl groups is 1. The van der Waals surface area contributed by atoms with Crippen molar-refractivity contribution in [2.75, 3.05) is 19.8 Å². The number of hydrogen-bond acceptors (Lipinski definition) is 3. The Bertz CT molecular complexity index is 376. The van der Waals surface area contributed by atoms with Gasteiger partial charge in [-0.2, -0.15) is 0 Å². The topological polar surface area (TPSA) is 38.7 Å². The molecule has 1 atom stereocenters. The van der Waals surface area contributed by atoms with Crippen LogP contribution in [0.1, 0.15) is 30.9 Å². The van der Waals surface area contributed by atoms with E-state index in [-0.39, 0.29) is 6.10 Å². The van der Waals surface area contributed by atoms with Crippen LogP contribution in [0.15, 0.2) is 18.2 Å². The zero-order valence-corrected chi connectivity index (χ0v) is 11.0. The maximum absolute atomic E-state index is 9.78. The van der Waals surface area contributed by atoms with Crippen molar-refractivity contribution in [1.82, 2.24) is 0 Å². The van der Waals surface area contributed by atoms with E-state index < -0.39 is 0 Å². The molecule has 18 heavy (non-hydrogen) atoms. The van der Waals surface area contributed by atoms with Gasteiger partial charge in [-0.3, -0.25) is 0 Å². The average Bonchev–Trinajstić information content (AvgIpc) is 2.84. The monoisotopic (exact) mass is 250 g/mol. The Balaban J connectivity index is 1.76. The molecule has 1 aromatic carbocycles. The molecule has 100 valence electrons. The van der Waals surface area contributed by atoms with Crippen LogP contribution in [-0.2, 0) is 17.6 Å². The lowest BCUT2D eigenvalue weighted by molar-refractivity contribution is 0.0330. The molecule has 0 saturated carbocycles. The summed E-state index contributed by atoms with van der Waals surface area (Å²) in [6, 6.07) is 6.32. The van der Waals surface area contributed by atoms with Crippen molar-refractivity contribution in [2.45, 2.75) is 38.7 Å². The van der Waals surface area contributed by atoms with E-state index in [0.717, 1.165) is 44.6 Å². The molecule has 3 heteroatoms. The van der Waals surface area contributed by atoms with Crippen LogP contribution in [0, 0.1) is 0 Å². The normalized spacial score (nSPS) is 15.2. The molecule has 2 rings (SSSR count). The molecule has 0 spiro atoms. The van der Waals surface area contributed by atoms with Crippen LogP contribution in [-0.4, -0.2) is 31.0 Å². The van der Waals surface area contributed by atoms with Crippen molar-refractivity contribution in [3.8, 4) is 5.75 Å². The minimum Gasteiger partial charge on any atom is -0.493 e. The lowest BCUT2D eigenvalue weighted by atomic mass is 10.0. The first-order chi connectivity index (χ1) is 8.79. The summed E-state index contributed by atoms with van der Waals surface area (Å²) in [5.74, 6) is 1.02. The summed E-state index contributed by atoms with van der Waals surface area (Å²) < 4.78 is 10.8. The Kier molecular flexibility index (Phi) is 5.02. The SMILES string of the molecule is CCCOCC(O)CCc1ccc2c(c1)CCO2. The van der Waals surface area contributed by atoms with E-state index in [2.05, 4.69) is 19.1 Å². The largest absolute Gasteiger partial charge is 0.493 e. The summed E-state index contributed by atoms with van der Waals surface area (Å²) >= 11 is 0. The Labute approximate surface area is 109 Å². The van der Waals surface area contributed by atoms with Gasteiger partial charge in [0.2, 0.25) is 0 Å². The van der Waals surface area contributed by atoms with Crippen molar-refractivity contribution in [2.24, 2.45) is 0 Å². The predicted octanol–water partition coefficient (Wildman–Crippen LogP) is 2.34. The summed E-state index contributed by atoms with van der Waals surface area (Å²) in [5, 5.41) is 9.78. The number of fused-ring (bicyclic) bond motifs is 1. The van der Waals surface area contributed by atoms with Gasteiger partial charge in [0, 0.05) is 13.0 Å². The lowest BCUT2D eigenvalue weighted by Crippen LogP contribution is -2.16. The van der Waals surface area contributed by atoms with Crippen LogP contribution in [0.5, 0.6) is 5.75 Å². The van der Waals surface area contributed by atoms with Gasteiger partial charge in [0.15, 0.2) is 0 Å². The first kappa shape index (κ1) is 13.4. The molecule has 1 unspecified atom stereocenters. The molecule has 3 nitrogen and oxygen atoms in total. The van der Waals surface area contributed by atoms with Gasteiger partial charge < -0.3 is 14.6 Å². The van der Waals surface area contributed by atoms with Gasteiger partial charge >= 0.3 is 0 Å². The summed E-state index contributed by atoms with van der Waals surface area (Å²) in [6.07, 6.45) is 3.29. The van der Waals surface area contributed by atoms with Crippen molar-refractivity contribution in [1.29, 1.82) is 0 Å². The van der Waals surface area contributed by atoms with Gasteiger partial charge in [-0.25, -0.2) is 0 Å². The number of hydrogen-bond donors (Lipinski definition) is 1. The Hall–Kier alpha value is -1.06. The first-order valence-electron chi connectivity index (χ1n) is 6.80. The molecular weight excluding hydrogens is 228 g/mol. The smallest absolute Gasteiger partial charge is 0.122 e. The van der Waals surface area contributed by atoms with Gasteiger partial charge in [0.1, 0.15) is 5.75 Å². The molecule has 1 aliphatic rings. The van der Waals surface area contributed by atoms with Crippen molar-refractivity contribution in [3.05, 3.63) is 29.3 Å². The predicted molar refractivity (Wildman–Crippen MR) is 71.1 cm³/mol. The number of benzene rings is 1. The summed E-state index contributed by atoms with van der Waals surface area (Å²) in [5.41, 5.74) is 2.57. The van der Waals surface area contributed by atoms with Crippen LogP contribution in [0.2, 0.25) is 0 Å². The molecule has 0 bridgehead atoms. The maximum Gasteiger partial charge on any atom is 0.122 e. The second-order valence-electron chi connectivity index (χ2n) is 4.81. The van der Waals surface area contributed by atoms with Crippen LogP contribution in [0.3, 0.4) is 0 Å². The molecule has 0 aliphatic carbocycles. The van der Waals surface area contributed by atoms with Crippen molar-refractivity contribution < 1.29 is 14.6 Å². The highest BCUT2D eigenvalue weighted by Crippen LogP contribution is 2.26. The van der Waals surface area contributed by atoms with E-state index >= 15 is 0 Å². The zero-order valence-electron chi connectivity index (χ0n) is 11.0. The van der Waals surface area contributed by atoms with Gasteiger partial charge in [0.05, 0.1) is 19.3 Å². The first-order valence-corrected chi connectivity index (χ1v) is 6.80. The highest BCUT2D eigenvalue weighted by atomic mass is 16.5. The Morgan fingerprint density at radius 2 is 2.33 bits per heavy atom. The molecule has 1 heterocycles. The average molecular weight is 250 g/mol. The van der Waals surface area contributed by atoms with Crippen LogP contribution >= 0.6 is 0 Å². The third-order valence-corrected chi connectivity index (χ3v) is 3.18. The quantitative estimate of drug-likeness (QED) is 0.755. The fraction of sp³-hybridized carbons (Fsp3) is 0.600. The van der Waals surface area contributed by atoms with E-state index in [4.69, 9.17) is 9.47 Å². The molecule has 0 aromatic heterocycles. The highest BCUT2D eigenvalue weighted by Gasteiger charge is 2.12. The third-order valence-electron chi connectivity index (χ3n) is 3.18. The van der Waals surface area contributed by atoms with Crippen LogP contribution < -0.4 is 4.74 Å². The second-order valence-corrected chi connectivity index (χ2v) is 4.81. The number of aryl methyl sites for hydroxylation is 1. The Morgan fingerprint density at radius 3 is 3.17 bits per heavy atom. The van der Waals surface area contributed by atoms with E-state index in [9.17, 15) is 5.11 Å². The van der Waals surface area contributed by atoms with E-state index in [1.54, 1.807) is 0 Å². The van der Waals surface area contributed by atoms with E-state index in [1.165, 1.54) is 11.1 Å². The molecule has 1 aromatic rings. The minimum atomic E-state index is -0.360. The standard InChI is InChI=1S/C15H22O3/c1-2-8-17-11-14(16)5-3-12-4-6-15-13(10-12)7-9-18-15/h4,6,10,14,16H,2-3,5,7-9,11H2,1H3. The third kappa shape index (κ3) is 3.72. The zero-order chi connectivity index (χ0) is 12.8. The van der Waals surface area contributed by atoms with E-state index in [1.807, 2.05) is 6.07 Å². The lowest BCUT2D eigenvalue weighted by Gasteiger charge is -2.11. The highest BCUT2D eigenvalue weighted by molar-refractivity contribution is 5.39. The van der Waals surface area contributed by atoms with Gasteiger partial charge in [-0.05, 0) is 36.5 Å². The van der Waals surface area contributed by atoms with Crippen molar-refractivity contribution >= 4 is 0 Å². The molecule has 0 amide bonds. The second kappa shape index (κ2) is 6.76. The Morgan fingerprint density at radius 1 is 1.44 bits per heavy atom. The molecule has 1 aliphatic heterocycles. The van der Waals surface area contributed by atoms with Crippen LogP contribution in [0.25, 0.3) is 0 Å². The molecule has 0 saturated heterocycles. The van der Waals surface area contributed by atoms with Crippen LogP contribution in [0.4, 0.5) is 0 Å². The van der Waals surface area contributed by atoms with Crippen molar-refractivity contribution in [3.63, 3.8) is 0 Å². The number of rotatable bonds is 7. The fourth-order valence-electron chi connectivity index (χ4n) is 2.18. The molecular formula is C15H22O3. The van der Waals surface area contributed by atoms with Gasteiger partial charge in [-0.15, -0.1) is 0 Å². The molecule has 1 N–H and O–H groups in total. The summed E-state index contributed by atoms with van der Waals surface area (Å²) in [4.78, 5) is 0. The summed E-state index contributed by atoms with van der Waals surface area (Å²) in [6.45, 7) is 4.04. The maximum atomic E-state index is 9.78. The minimum absolute atomic E-state index is 0.360. The fourth-order valence-corrected chi connectivity index (χ4v) is 2.18. The van der Waals surface area contributed by atoms with E-state index in [0.29, 0.717) is 6.61 Å². The number of aliphatic hydroxyl groups excluding tert-OH is 1. The molecule has 0 radical (unpaired) electrons. The molecule has 0 fully saturated rings. The van der Waals surface area contributed by atoms with Gasteiger partial charge in [-0.1, -0.05) is 19.1 Å².